The lowest BCUT2D eigenvalue weighted by molar-refractivity contribution is -0.154. The lowest BCUT2D eigenvalue weighted by atomic mass is 10.0. The van der Waals surface area contributed by atoms with Crippen LogP contribution in [-0.2, 0) is 23.4 Å². The highest BCUT2D eigenvalue weighted by atomic mass is 31.2. The topological polar surface area (TPSA) is 85.3 Å². The van der Waals surface area contributed by atoms with E-state index in [1.165, 1.54) is 83.5 Å². The number of unbranched alkanes of at least 4 members (excludes halogenated alkanes) is 14. The zero-order valence-corrected chi connectivity index (χ0v) is 26.3. The number of hydrogen-bond donors (Lipinski definition) is 1. The number of carbonyl (C=O) groups is 1. The molecule has 0 bridgehead atoms. The summed E-state index contributed by atoms with van der Waals surface area (Å²) >= 11 is 0. The van der Waals surface area contributed by atoms with Crippen LogP contribution in [0.4, 0.5) is 0 Å². The summed E-state index contributed by atoms with van der Waals surface area (Å²) in [6.07, 6.45) is 20.2. The third kappa shape index (κ3) is 24.6. The third-order valence-electron chi connectivity index (χ3n) is 7.00. The van der Waals surface area contributed by atoms with Gasteiger partial charge in [-0.1, -0.05) is 118 Å². The fourth-order valence-electron chi connectivity index (χ4n) is 4.43. The monoisotopic (exact) mass is 563 g/mol. The van der Waals surface area contributed by atoms with Crippen molar-refractivity contribution in [1.82, 2.24) is 4.90 Å². The molecule has 0 radical (unpaired) electrons. The SMILES string of the molecule is CCCCCCCCCCCCCCCCCOCC(COP(=O)(O)CCN(CC)CC)OC(=O)CCC. The summed E-state index contributed by atoms with van der Waals surface area (Å²) in [5, 5.41) is 0. The van der Waals surface area contributed by atoms with Crippen molar-refractivity contribution < 1.29 is 28.3 Å². The fraction of sp³-hybridized carbons (Fsp3) is 0.967. The van der Waals surface area contributed by atoms with E-state index < -0.39 is 13.7 Å². The van der Waals surface area contributed by atoms with Gasteiger partial charge in [-0.05, 0) is 25.9 Å². The van der Waals surface area contributed by atoms with Crippen molar-refractivity contribution in [2.75, 3.05) is 45.6 Å². The molecule has 0 aliphatic carbocycles. The maximum Gasteiger partial charge on any atom is 0.329 e. The molecule has 2 atom stereocenters. The molecule has 0 aliphatic heterocycles. The van der Waals surface area contributed by atoms with E-state index in [1.807, 2.05) is 20.8 Å². The van der Waals surface area contributed by atoms with E-state index in [0.29, 0.717) is 26.0 Å². The Morgan fingerprint density at radius 3 is 1.71 bits per heavy atom. The summed E-state index contributed by atoms with van der Waals surface area (Å²) in [5.74, 6) is -0.326. The van der Waals surface area contributed by atoms with Gasteiger partial charge >= 0.3 is 13.6 Å². The van der Waals surface area contributed by atoms with Crippen LogP contribution in [-0.4, -0.2) is 67.5 Å². The highest BCUT2D eigenvalue weighted by Crippen LogP contribution is 2.41. The van der Waals surface area contributed by atoms with E-state index in [2.05, 4.69) is 11.8 Å². The molecule has 0 heterocycles. The van der Waals surface area contributed by atoms with Crippen molar-refractivity contribution in [3.05, 3.63) is 0 Å². The highest BCUT2D eigenvalue weighted by Gasteiger charge is 2.24. The van der Waals surface area contributed by atoms with Crippen LogP contribution < -0.4 is 0 Å². The van der Waals surface area contributed by atoms with Crippen LogP contribution in [0.3, 0.4) is 0 Å². The molecule has 2 unspecified atom stereocenters. The summed E-state index contributed by atoms with van der Waals surface area (Å²) in [6.45, 7) is 11.0. The van der Waals surface area contributed by atoms with Gasteiger partial charge < -0.3 is 23.8 Å². The van der Waals surface area contributed by atoms with Gasteiger partial charge in [0.25, 0.3) is 0 Å². The minimum absolute atomic E-state index is 0.0598. The number of esters is 1. The van der Waals surface area contributed by atoms with Gasteiger partial charge in [0.1, 0.15) is 6.10 Å². The van der Waals surface area contributed by atoms with E-state index >= 15 is 0 Å². The summed E-state index contributed by atoms with van der Waals surface area (Å²) < 4.78 is 28.9. The smallest absolute Gasteiger partial charge is 0.329 e. The maximum atomic E-state index is 12.4. The van der Waals surface area contributed by atoms with Gasteiger partial charge in [-0.3, -0.25) is 9.36 Å². The van der Waals surface area contributed by atoms with Gasteiger partial charge in [0, 0.05) is 19.6 Å². The Morgan fingerprint density at radius 2 is 1.24 bits per heavy atom. The van der Waals surface area contributed by atoms with Crippen LogP contribution >= 0.6 is 7.60 Å². The molecular formula is C30H62NO6P. The molecule has 0 amide bonds. The van der Waals surface area contributed by atoms with Crippen LogP contribution in [0.15, 0.2) is 0 Å². The first-order chi connectivity index (χ1) is 18.4. The largest absolute Gasteiger partial charge is 0.457 e. The Morgan fingerprint density at radius 1 is 0.737 bits per heavy atom. The van der Waals surface area contributed by atoms with Crippen LogP contribution in [0, 0.1) is 0 Å². The zero-order valence-electron chi connectivity index (χ0n) is 25.4. The summed E-state index contributed by atoms with van der Waals surface area (Å²) in [6, 6.07) is 0. The first kappa shape index (κ1) is 37.5. The second-order valence-corrected chi connectivity index (χ2v) is 12.6. The Balaban J connectivity index is 3.94. The molecule has 0 aliphatic rings. The molecule has 0 aromatic rings. The molecular weight excluding hydrogens is 501 g/mol. The first-order valence-corrected chi connectivity index (χ1v) is 17.6. The molecule has 228 valence electrons. The molecule has 0 saturated heterocycles. The van der Waals surface area contributed by atoms with Gasteiger partial charge in [0.15, 0.2) is 0 Å². The first-order valence-electron chi connectivity index (χ1n) is 15.8. The number of ether oxygens (including phenoxy) is 2. The Bertz CT molecular complexity index is 573. The minimum atomic E-state index is -3.75. The molecule has 0 aromatic carbocycles. The van der Waals surface area contributed by atoms with Crippen molar-refractivity contribution in [3.63, 3.8) is 0 Å². The van der Waals surface area contributed by atoms with E-state index in [0.717, 1.165) is 25.9 Å². The predicted molar refractivity (Wildman–Crippen MR) is 159 cm³/mol. The van der Waals surface area contributed by atoms with E-state index in [-0.39, 0.29) is 25.3 Å². The van der Waals surface area contributed by atoms with Gasteiger partial charge in [-0.2, -0.15) is 0 Å². The lowest BCUT2D eigenvalue weighted by Gasteiger charge is -2.22. The van der Waals surface area contributed by atoms with Crippen molar-refractivity contribution >= 4 is 13.6 Å². The number of nitrogens with zero attached hydrogens (tertiary/aromatic N) is 1. The molecule has 7 nitrogen and oxygen atoms in total. The second kappa shape index (κ2) is 26.7. The van der Waals surface area contributed by atoms with Gasteiger partial charge in [0.2, 0.25) is 0 Å². The Hall–Kier alpha value is -0.460. The summed E-state index contributed by atoms with van der Waals surface area (Å²) in [7, 11) is -3.75. The molecule has 0 fully saturated rings. The van der Waals surface area contributed by atoms with E-state index in [1.54, 1.807) is 0 Å². The van der Waals surface area contributed by atoms with E-state index in [4.69, 9.17) is 14.0 Å². The molecule has 38 heavy (non-hydrogen) atoms. The molecule has 0 saturated carbocycles. The van der Waals surface area contributed by atoms with Gasteiger partial charge in [-0.15, -0.1) is 0 Å². The number of hydrogen-bond acceptors (Lipinski definition) is 6. The molecule has 1 N–H and O–H groups in total. The summed E-state index contributed by atoms with van der Waals surface area (Å²) in [4.78, 5) is 24.2. The van der Waals surface area contributed by atoms with Crippen LogP contribution in [0.25, 0.3) is 0 Å². The highest BCUT2D eigenvalue weighted by molar-refractivity contribution is 7.52. The number of rotatable bonds is 29. The molecule has 0 spiro atoms. The van der Waals surface area contributed by atoms with Crippen LogP contribution in [0.1, 0.15) is 137 Å². The third-order valence-corrected chi connectivity index (χ3v) is 8.32. The quantitative estimate of drug-likeness (QED) is 0.0558. The predicted octanol–water partition coefficient (Wildman–Crippen LogP) is 8.13. The molecule has 0 aromatic heterocycles. The van der Waals surface area contributed by atoms with Gasteiger partial charge in [0.05, 0.1) is 19.4 Å². The fourth-order valence-corrected chi connectivity index (χ4v) is 5.49. The molecule has 8 heteroatoms. The molecule has 0 rings (SSSR count). The number of carbonyl (C=O) groups excluding carboxylic acids is 1. The van der Waals surface area contributed by atoms with Crippen molar-refractivity contribution in [3.8, 4) is 0 Å². The lowest BCUT2D eigenvalue weighted by Crippen LogP contribution is -2.29. The second-order valence-electron chi connectivity index (χ2n) is 10.6. The van der Waals surface area contributed by atoms with Crippen LogP contribution in [0.5, 0.6) is 0 Å². The summed E-state index contributed by atoms with van der Waals surface area (Å²) in [5.41, 5.74) is 0. The van der Waals surface area contributed by atoms with Crippen LogP contribution in [0.2, 0.25) is 0 Å². The average Bonchev–Trinajstić information content (AvgIpc) is 2.89. The van der Waals surface area contributed by atoms with Crippen molar-refractivity contribution in [2.45, 2.75) is 143 Å². The van der Waals surface area contributed by atoms with Gasteiger partial charge in [-0.25, -0.2) is 0 Å². The Labute approximate surface area is 235 Å². The minimum Gasteiger partial charge on any atom is -0.457 e. The van der Waals surface area contributed by atoms with E-state index in [9.17, 15) is 14.3 Å². The van der Waals surface area contributed by atoms with Crippen molar-refractivity contribution in [1.29, 1.82) is 0 Å². The van der Waals surface area contributed by atoms with Crippen molar-refractivity contribution in [2.24, 2.45) is 0 Å². The maximum absolute atomic E-state index is 12.4. The Kier molecular flexibility index (Phi) is 26.4. The average molecular weight is 564 g/mol. The normalized spacial score (nSPS) is 14.1. The standard InChI is InChI=1S/C30H62NO6P/c1-5-9-10-11-12-13-14-15-16-17-18-19-20-21-22-25-35-27-29(37-30(32)23-6-2)28-36-38(33,34)26-24-31(7-3)8-4/h29H,5-28H2,1-4H3,(H,33,34). The zero-order chi connectivity index (χ0) is 28.3.